The van der Waals surface area contributed by atoms with Gasteiger partial charge in [-0.15, -0.1) is 0 Å². The summed E-state index contributed by atoms with van der Waals surface area (Å²) in [5.74, 6) is -0.336. The topological polar surface area (TPSA) is 21.3 Å². The predicted molar refractivity (Wildman–Crippen MR) is 66.7 cm³/mol. The molecule has 1 fully saturated rings. The van der Waals surface area contributed by atoms with Crippen molar-refractivity contribution in [2.24, 2.45) is 0 Å². The molecule has 0 radical (unpaired) electrons. The standard InChI is InChI=1S/C13H17ClFNO/c1-9-13(2,6-7-17-9)16-8-10-4-3-5-11(14)12(10)15/h3-5,9,16H,6-8H2,1-2H3. The molecular formula is C13H17ClFNO. The molecular weight excluding hydrogens is 241 g/mol. The summed E-state index contributed by atoms with van der Waals surface area (Å²) in [6.45, 7) is 5.36. The van der Waals surface area contributed by atoms with Gasteiger partial charge in [0.15, 0.2) is 0 Å². The summed E-state index contributed by atoms with van der Waals surface area (Å²) in [5, 5.41) is 3.54. The summed E-state index contributed by atoms with van der Waals surface area (Å²) in [4.78, 5) is 0. The van der Waals surface area contributed by atoms with Crippen molar-refractivity contribution in [1.82, 2.24) is 5.32 Å². The molecule has 0 aliphatic carbocycles. The Balaban J connectivity index is 2.05. The highest BCUT2D eigenvalue weighted by molar-refractivity contribution is 6.30. The number of nitrogens with one attached hydrogen (secondary N) is 1. The largest absolute Gasteiger partial charge is 0.377 e. The van der Waals surface area contributed by atoms with Gasteiger partial charge < -0.3 is 10.1 Å². The van der Waals surface area contributed by atoms with Gasteiger partial charge in [-0.3, -0.25) is 0 Å². The van der Waals surface area contributed by atoms with E-state index in [9.17, 15) is 4.39 Å². The number of hydrogen-bond acceptors (Lipinski definition) is 2. The maximum absolute atomic E-state index is 13.7. The molecule has 2 unspecified atom stereocenters. The highest BCUT2D eigenvalue weighted by Crippen LogP contribution is 2.26. The van der Waals surface area contributed by atoms with Crippen molar-refractivity contribution in [3.05, 3.63) is 34.6 Å². The lowest BCUT2D eigenvalue weighted by atomic mass is 9.94. The van der Waals surface area contributed by atoms with Crippen molar-refractivity contribution in [1.29, 1.82) is 0 Å². The van der Waals surface area contributed by atoms with E-state index >= 15 is 0 Å². The number of hydrogen-bond donors (Lipinski definition) is 1. The van der Waals surface area contributed by atoms with E-state index in [0.29, 0.717) is 12.1 Å². The third-order valence-corrected chi connectivity index (χ3v) is 3.89. The lowest BCUT2D eigenvalue weighted by Gasteiger charge is -2.29. The summed E-state index contributed by atoms with van der Waals surface area (Å²) >= 11 is 5.75. The van der Waals surface area contributed by atoms with Crippen LogP contribution in [0.4, 0.5) is 4.39 Å². The third kappa shape index (κ3) is 2.62. The van der Waals surface area contributed by atoms with Crippen molar-refractivity contribution in [2.75, 3.05) is 6.61 Å². The Hall–Kier alpha value is -0.640. The zero-order valence-corrected chi connectivity index (χ0v) is 10.9. The van der Waals surface area contributed by atoms with Crippen molar-refractivity contribution in [3.8, 4) is 0 Å². The molecule has 1 heterocycles. The van der Waals surface area contributed by atoms with Crippen LogP contribution in [0.2, 0.25) is 5.02 Å². The van der Waals surface area contributed by atoms with Crippen LogP contribution in [-0.4, -0.2) is 18.2 Å². The predicted octanol–water partition coefficient (Wildman–Crippen LogP) is 3.14. The molecule has 2 rings (SSSR count). The fourth-order valence-corrected chi connectivity index (χ4v) is 2.24. The van der Waals surface area contributed by atoms with Crippen molar-refractivity contribution < 1.29 is 9.13 Å². The Morgan fingerprint density at radius 1 is 1.59 bits per heavy atom. The average Bonchev–Trinajstić information content (AvgIpc) is 2.62. The number of halogens is 2. The monoisotopic (exact) mass is 257 g/mol. The Morgan fingerprint density at radius 2 is 2.35 bits per heavy atom. The van der Waals surface area contributed by atoms with Crippen LogP contribution in [0.3, 0.4) is 0 Å². The highest BCUT2D eigenvalue weighted by Gasteiger charge is 2.36. The van der Waals surface area contributed by atoms with E-state index in [2.05, 4.69) is 12.2 Å². The first-order valence-corrected chi connectivity index (χ1v) is 6.20. The Kier molecular flexibility index (Phi) is 3.71. The van der Waals surface area contributed by atoms with Gasteiger partial charge in [0.25, 0.3) is 0 Å². The molecule has 1 aliphatic heterocycles. The maximum atomic E-state index is 13.7. The molecule has 0 aromatic heterocycles. The van der Waals surface area contributed by atoms with E-state index in [1.165, 1.54) is 0 Å². The van der Waals surface area contributed by atoms with Gasteiger partial charge in [-0.05, 0) is 26.3 Å². The van der Waals surface area contributed by atoms with Gasteiger partial charge in [0.2, 0.25) is 0 Å². The first-order valence-electron chi connectivity index (χ1n) is 5.82. The van der Waals surface area contributed by atoms with Crippen LogP contribution >= 0.6 is 11.6 Å². The van der Waals surface area contributed by atoms with Gasteiger partial charge in [0, 0.05) is 24.3 Å². The molecule has 17 heavy (non-hydrogen) atoms. The third-order valence-electron chi connectivity index (χ3n) is 3.60. The minimum atomic E-state index is -0.336. The molecule has 0 saturated carbocycles. The minimum absolute atomic E-state index is 0.0885. The number of benzene rings is 1. The fourth-order valence-electron chi connectivity index (χ4n) is 2.05. The normalized spacial score (nSPS) is 28.6. The minimum Gasteiger partial charge on any atom is -0.377 e. The molecule has 0 amide bonds. The van der Waals surface area contributed by atoms with Gasteiger partial charge in [-0.25, -0.2) is 4.39 Å². The van der Waals surface area contributed by atoms with Gasteiger partial charge in [-0.2, -0.15) is 0 Å². The zero-order chi connectivity index (χ0) is 12.5. The molecule has 2 nitrogen and oxygen atoms in total. The first kappa shape index (κ1) is 12.8. The second kappa shape index (κ2) is 4.92. The van der Waals surface area contributed by atoms with Crippen LogP contribution in [0.1, 0.15) is 25.8 Å². The van der Waals surface area contributed by atoms with Gasteiger partial charge >= 0.3 is 0 Å². The first-order chi connectivity index (χ1) is 8.03. The molecule has 1 aromatic carbocycles. The van der Waals surface area contributed by atoms with E-state index in [4.69, 9.17) is 16.3 Å². The van der Waals surface area contributed by atoms with Gasteiger partial charge in [0.1, 0.15) is 5.82 Å². The zero-order valence-electron chi connectivity index (χ0n) is 10.1. The van der Waals surface area contributed by atoms with Crippen LogP contribution in [0.15, 0.2) is 18.2 Å². The Morgan fingerprint density at radius 3 is 3.00 bits per heavy atom. The van der Waals surface area contributed by atoms with Crippen LogP contribution in [-0.2, 0) is 11.3 Å². The van der Waals surface area contributed by atoms with Gasteiger partial charge in [0.05, 0.1) is 11.1 Å². The van der Waals surface area contributed by atoms with Gasteiger partial charge in [-0.1, -0.05) is 23.7 Å². The van der Waals surface area contributed by atoms with E-state index < -0.39 is 0 Å². The van der Waals surface area contributed by atoms with Crippen molar-refractivity contribution >= 4 is 11.6 Å². The molecule has 1 aromatic rings. The van der Waals surface area contributed by atoms with Crippen molar-refractivity contribution in [2.45, 2.75) is 38.5 Å². The molecule has 4 heteroatoms. The Labute approximate surface area is 106 Å². The second-order valence-corrected chi connectivity index (χ2v) is 5.15. The molecule has 0 bridgehead atoms. The summed E-state index contributed by atoms with van der Waals surface area (Å²) in [5.41, 5.74) is 0.507. The smallest absolute Gasteiger partial charge is 0.146 e. The summed E-state index contributed by atoms with van der Waals surface area (Å²) in [6.07, 6.45) is 1.08. The molecule has 0 spiro atoms. The lowest BCUT2D eigenvalue weighted by Crippen LogP contribution is -2.47. The number of rotatable bonds is 3. The summed E-state index contributed by atoms with van der Waals surface area (Å²) < 4.78 is 19.2. The van der Waals surface area contributed by atoms with E-state index in [1.54, 1.807) is 18.2 Å². The van der Waals surface area contributed by atoms with Crippen LogP contribution < -0.4 is 5.32 Å². The second-order valence-electron chi connectivity index (χ2n) is 4.75. The fraction of sp³-hybridized carbons (Fsp3) is 0.538. The van der Waals surface area contributed by atoms with Crippen LogP contribution in [0, 0.1) is 5.82 Å². The molecule has 1 saturated heterocycles. The van der Waals surface area contributed by atoms with E-state index in [0.717, 1.165) is 13.0 Å². The highest BCUT2D eigenvalue weighted by atomic mass is 35.5. The van der Waals surface area contributed by atoms with Crippen LogP contribution in [0.5, 0.6) is 0 Å². The van der Waals surface area contributed by atoms with Crippen LogP contribution in [0.25, 0.3) is 0 Å². The maximum Gasteiger partial charge on any atom is 0.146 e. The summed E-state index contributed by atoms with van der Waals surface area (Å²) in [6, 6.07) is 5.07. The Bertz CT molecular complexity index is 412. The van der Waals surface area contributed by atoms with Crippen molar-refractivity contribution in [3.63, 3.8) is 0 Å². The summed E-state index contributed by atoms with van der Waals surface area (Å²) in [7, 11) is 0. The SMILES string of the molecule is CC1OCCC1(C)NCc1cccc(Cl)c1F. The molecule has 1 N–H and O–H groups in total. The number of ether oxygens (including phenoxy) is 1. The molecule has 94 valence electrons. The molecule has 2 atom stereocenters. The average molecular weight is 258 g/mol. The van der Waals surface area contributed by atoms with E-state index in [1.807, 2.05) is 6.92 Å². The molecule has 1 aliphatic rings. The van der Waals surface area contributed by atoms with E-state index in [-0.39, 0.29) is 22.5 Å². The quantitative estimate of drug-likeness (QED) is 0.898. The lowest BCUT2D eigenvalue weighted by molar-refractivity contribution is 0.0880.